The van der Waals surface area contributed by atoms with Gasteiger partial charge in [0.1, 0.15) is 5.15 Å². The molecule has 0 aromatic carbocycles. The standard InChI is InChI=1S/C9H12ClN3O2/c1-5(14)3-12-7-2-8(10)13-4-6(7)9(11)15/h2,4-5,14H,3H2,1H3,(H2,11,15)(H,12,13). The van der Waals surface area contributed by atoms with Gasteiger partial charge in [0.05, 0.1) is 17.4 Å². The maximum absolute atomic E-state index is 11.0. The molecule has 5 nitrogen and oxygen atoms in total. The average Bonchev–Trinajstić information content (AvgIpc) is 2.14. The van der Waals surface area contributed by atoms with Gasteiger partial charge in [0.2, 0.25) is 0 Å². The molecule has 1 rings (SSSR count). The Morgan fingerprint density at radius 2 is 2.47 bits per heavy atom. The van der Waals surface area contributed by atoms with E-state index in [1.54, 1.807) is 6.92 Å². The number of nitrogens with two attached hydrogens (primary N) is 1. The van der Waals surface area contributed by atoms with E-state index in [9.17, 15) is 4.79 Å². The fourth-order valence-corrected chi connectivity index (χ4v) is 1.19. The summed E-state index contributed by atoms with van der Waals surface area (Å²) < 4.78 is 0. The summed E-state index contributed by atoms with van der Waals surface area (Å²) in [5.41, 5.74) is 5.87. The monoisotopic (exact) mass is 229 g/mol. The molecular weight excluding hydrogens is 218 g/mol. The number of nitrogens with zero attached hydrogens (tertiary/aromatic N) is 1. The minimum absolute atomic E-state index is 0.250. The van der Waals surface area contributed by atoms with Gasteiger partial charge in [-0.25, -0.2) is 4.98 Å². The van der Waals surface area contributed by atoms with Gasteiger partial charge in [-0.15, -0.1) is 0 Å². The third kappa shape index (κ3) is 3.38. The Morgan fingerprint density at radius 3 is 3.00 bits per heavy atom. The van der Waals surface area contributed by atoms with E-state index in [1.165, 1.54) is 12.3 Å². The number of aliphatic hydroxyl groups excluding tert-OH is 1. The van der Waals surface area contributed by atoms with Gasteiger partial charge in [-0.1, -0.05) is 11.6 Å². The predicted molar refractivity (Wildman–Crippen MR) is 57.9 cm³/mol. The number of carbonyl (C=O) groups is 1. The van der Waals surface area contributed by atoms with E-state index in [4.69, 9.17) is 22.4 Å². The smallest absolute Gasteiger partial charge is 0.252 e. The van der Waals surface area contributed by atoms with Crippen LogP contribution < -0.4 is 11.1 Å². The number of rotatable bonds is 4. The average molecular weight is 230 g/mol. The van der Waals surface area contributed by atoms with Gasteiger partial charge < -0.3 is 16.2 Å². The van der Waals surface area contributed by atoms with E-state index in [1.807, 2.05) is 0 Å². The first-order valence-corrected chi connectivity index (χ1v) is 4.75. The molecule has 0 aliphatic carbocycles. The quantitative estimate of drug-likeness (QED) is 0.661. The molecule has 0 bridgehead atoms. The Bertz CT molecular complexity index is 368. The number of aliphatic hydroxyl groups is 1. The van der Waals surface area contributed by atoms with Crippen molar-refractivity contribution in [1.82, 2.24) is 4.98 Å². The third-order valence-corrected chi connectivity index (χ3v) is 1.93. The van der Waals surface area contributed by atoms with Crippen molar-refractivity contribution in [3.63, 3.8) is 0 Å². The highest BCUT2D eigenvalue weighted by molar-refractivity contribution is 6.29. The number of nitrogens with one attached hydrogen (secondary N) is 1. The third-order valence-electron chi connectivity index (χ3n) is 1.72. The fourth-order valence-electron chi connectivity index (χ4n) is 1.03. The lowest BCUT2D eigenvalue weighted by Gasteiger charge is -2.11. The lowest BCUT2D eigenvalue weighted by atomic mass is 10.2. The first-order chi connectivity index (χ1) is 7.00. The SMILES string of the molecule is CC(O)CNc1cc(Cl)ncc1C(N)=O. The number of aromatic nitrogens is 1. The summed E-state index contributed by atoms with van der Waals surface area (Å²) in [4.78, 5) is 14.8. The summed E-state index contributed by atoms with van der Waals surface area (Å²) in [5, 5.41) is 12.2. The Balaban J connectivity index is 2.92. The van der Waals surface area contributed by atoms with Crippen LogP contribution >= 0.6 is 11.6 Å². The highest BCUT2D eigenvalue weighted by Gasteiger charge is 2.09. The summed E-state index contributed by atoms with van der Waals surface area (Å²) in [6.45, 7) is 1.93. The van der Waals surface area contributed by atoms with Crippen LogP contribution in [-0.2, 0) is 0 Å². The molecule has 0 spiro atoms. The van der Waals surface area contributed by atoms with Crippen LogP contribution in [0.5, 0.6) is 0 Å². The molecule has 1 aromatic rings. The highest BCUT2D eigenvalue weighted by atomic mass is 35.5. The molecular formula is C9H12ClN3O2. The molecule has 15 heavy (non-hydrogen) atoms. The number of anilines is 1. The molecule has 1 heterocycles. The highest BCUT2D eigenvalue weighted by Crippen LogP contribution is 2.18. The number of halogens is 1. The second-order valence-electron chi connectivity index (χ2n) is 3.15. The molecule has 1 aromatic heterocycles. The van der Waals surface area contributed by atoms with Crippen LogP contribution in [0.25, 0.3) is 0 Å². The van der Waals surface area contributed by atoms with Gasteiger partial charge in [-0.3, -0.25) is 4.79 Å². The first kappa shape index (κ1) is 11.7. The van der Waals surface area contributed by atoms with Crippen molar-refractivity contribution in [2.45, 2.75) is 13.0 Å². The second kappa shape index (κ2) is 4.95. The topological polar surface area (TPSA) is 88.2 Å². The molecule has 0 saturated heterocycles. The van der Waals surface area contributed by atoms with E-state index >= 15 is 0 Å². The molecule has 0 aliphatic heterocycles. The van der Waals surface area contributed by atoms with E-state index in [2.05, 4.69) is 10.3 Å². The van der Waals surface area contributed by atoms with Gasteiger partial charge in [0, 0.05) is 12.7 Å². The van der Waals surface area contributed by atoms with Crippen LogP contribution in [0.4, 0.5) is 5.69 Å². The summed E-state index contributed by atoms with van der Waals surface area (Å²) >= 11 is 5.67. The van der Waals surface area contributed by atoms with Gasteiger partial charge >= 0.3 is 0 Å². The van der Waals surface area contributed by atoms with E-state index in [0.29, 0.717) is 12.2 Å². The van der Waals surface area contributed by atoms with Gasteiger partial charge in [0.15, 0.2) is 0 Å². The van der Waals surface area contributed by atoms with Gasteiger partial charge in [-0.05, 0) is 13.0 Å². The zero-order valence-corrected chi connectivity index (χ0v) is 8.95. The molecule has 0 radical (unpaired) electrons. The van der Waals surface area contributed by atoms with Crippen molar-refractivity contribution in [2.75, 3.05) is 11.9 Å². The first-order valence-electron chi connectivity index (χ1n) is 4.38. The zero-order valence-electron chi connectivity index (χ0n) is 8.20. The van der Waals surface area contributed by atoms with Crippen LogP contribution in [0.2, 0.25) is 5.15 Å². The summed E-state index contributed by atoms with van der Waals surface area (Å²) in [5.74, 6) is -0.591. The van der Waals surface area contributed by atoms with Crippen LogP contribution in [-0.4, -0.2) is 28.6 Å². The largest absolute Gasteiger partial charge is 0.392 e. The normalized spacial score (nSPS) is 12.2. The number of carbonyl (C=O) groups excluding carboxylic acids is 1. The Hall–Kier alpha value is -1.33. The molecule has 0 fully saturated rings. The molecule has 0 aliphatic rings. The van der Waals surface area contributed by atoms with Crippen molar-refractivity contribution in [3.8, 4) is 0 Å². The van der Waals surface area contributed by atoms with Crippen LogP contribution in [0, 0.1) is 0 Å². The number of primary amides is 1. The molecule has 6 heteroatoms. The number of hydrogen-bond donors (Lipinski definition) is 3. The van der Waals surface area contributed by atoms with Crippen molar-refractivity contribution >= 4 is 23.2 Å². The Morgan fingerprint density at radius 1 is 1.80 bits per heavy atom. The van der Waals surface area contributed by atoms with Gasteiger partial charge in [0.25, 0.3) is 5.91 Å². The number of pyridine rings is 1. The Labute approximate surface area is 92.3 Å². The zero-order chi connectivity index (χ0) is 11.4. The fraction of sp³-hybridized carbons (Fsp3) is 0.333. The molecule has 1 unspecified atom stereocenters. The van der Waals surface area contributed by atoms with Crippen LogP contribution in [0.15, 0.2) is 12.3 Å². The number of hydrogen-bond acceptors (Lipinski definition) is 4. The number of amides is 1. The molecule has 1 atom stereocenters. The predicted octanol–water partition coefficient (Wildman–Crippen LogP) is 0.627. The van der Waals surface area contributed by atoms with Crippen LogP contribution in [0.1, 0.15) is 17.3 Å². The lowest BCUT2D eigenvalue weighted by Crippen LogP contribution is -2.19. The van der Waals surface area contributed by atoms with E-state index in [-0.39, 0.29) is 10.7 Å². The van der Waals surface area contributed by atoms with Crippen molar-refractivity contribution in [1.29, 1.82) is 0 Å². The lowest BCUT2D eigenvalue weighted by molar-refractivity contribution is 0.100. The summed E-state index contributed by atoms with van der Waals surface area (Å²) in [6.07, 6.45) is 0.771. The molecule has 4 N–H and O–H groups in total. The summed E-state index contributed by atoms with van der Waals surface area (Å²) in [7, 11) is 0. The minimum atomic E-state index is -0.591. The summed E-state index contributed by atoms with van der Waals surface area (Å²) in [6, 6.07) is 1.49. The molecule has 1 amide bonds. The van der Waals surface area contributed by atoms with Crippen molar-refractivity contribution in [3.05, 3.63) is 23.0 Å². The van der Waals surface area contributed by atoms with Gasteiger partial charge in [-0.2, -0.15) is 0 Å². The minimum Gasteiger partial charge on any atom is -0.392 e. The second-order valence-corrected chi connectivity index (χ2v) is 3.53. The maximum atomic E-state index is 11.0. The molecule has 0 saturated carbocycles. The van der Waals surface area contributed by atoms with Crippen LogP contribution in [0.3, 0.4) is 0 Å². The van der Waals surface area contributed by atoms with Crippen molar-refractivity contribution < 1.29 is 9.90 Å². The van der Waals surface area contributed by atoms with E-state index in [0.717, 1.165) is 0 Å². The Kier molecular flexibility index (Phi) is 3.88. The van der Waals surface area contributed by atoms with Crippen molar-refractivity contribution in [2.24, 2.45) is 5.73 Å². The van der Waals surface area contributed by atoms with E-state index < -0.39 is 12.0 Å². The molecule has 82 valence electrons. The maximum Gasteiger partial charge on any atom is 0.252 e.